The lowest BCUT2D eigenvalue weighted by Crippen LogP contribution is -2.54. The molecule has 2 atom stereocenters. The summed E-state index contributed by atoms with van der Waals surface area (Å²) in [6.07, 6.45) is 0.967. The molecule has 8 heteroatoms. The normalized spacial score (nSPS) is 28.4. The van der Waals surface area contributed by atoms with E-state index in [1.54, 1.807) is 7.05 Å². The van der Waals surface area contributed by atoms with E-state index in [4.69, 9.17) is 4.74 Å². The lowest BCUT2D eigenvalue weighted by atomic mass is 9.94. The molecule has 0 aromatic heterocycles. The minimum atomic E-state index is -0.988. The summed E-state index contributed by atoms with van der Waals surface area (Å²) in [5.41, 5.74) is -0.947. The quantitative estimate of drug-likeness (QED) is 0.784. The molecule has 0 aromatic rings. The number of hydrogen-bond acceptors (Lipinski definition) is 5. The van der Waals surface area contributed by atoms with Gasteiger partial charge in [0.2, 0.25) is 0 Å². The molecule has 0 aliphatic carbocycles. The number of amides is 2. The summed E-state index contributed by atoms with van der Waals surface area (Å²) < 4.78 is 5.22. The molecule has 120 valence electrons. The molecule has 2 aliphatic heterocycles. The van der Waals surface area contributed by atoms with Crippen LogP contribution in [0.1, 0.15) is 19.8 Å². The molecule has 0 radical (unpaired) electrons. The number of aliphatic carboxylic acids is 1. The topological polar surface area (TPSA) is 90.3 Å². The fourth-order valence-electron chi connectivity index (χ4n) is 2.74. The highest BCUT2D eigenvalue weighted by molar-refractivity contribution is 8.00. The number of hydrogen-bond donors (Lipinski definition) is 2. The molecular weight excluding hydrogens is 296 g/mol. The van der Waals surface area contributed by atoms with Crippen LogP contribution in [0.3, 0.4) is 0 Å². The molecule has 7 nitrogen and oxygen atoms in total. The van der Waals surface area contributed by atoms with Gasteiger partial charge in [0.1, 0.15) is 6.04 Å². The van der Waals surface area contributed by atoms with E-state index in [9.17, 15) is 19.8 Å². The van der Waals surface area contributed by atoms with E-state index in [1.165, 1.54) is 21.6 Å². The lowest BCUT2D eigenvalue weighted by Gasteiger charge is -2.37. The number of urea groups is 1. The number of likely N-dealkylation sites (N-methyl/N-ethyl adjacent to an activating group) is 1. The monoisotopic (exact) mass is 318 g/mol. The Hall–Kier alpha value is -0.990. The van der Waals surface area contributed by atoms with Crippen LogP contribution in [0, 0.1) is 0 Å². The maximum Gasteiger partial charge on any atom is 0.327 e. The lowest BCUT2D eigenvalue weighted by molar-refractivity contribution is -0.141. The highest BCUT2D eigenvalue weighted by Crippen LogP contribution is 2.30. The van der Waals surface area contributed by atoms with Gasteiger partial charge in [-0.25, -0.2) is 9.59 Å². The molecule has 2 unspecified atom stereocenters. The zero-order valence-electron chi connectivity index (χ0n) is 12.3. The van der Waals surface area contributed by atoms with Crippen molar-refractivity contribution in [2.24, 2.45) is 0 Å². The Labute approximate surface area is 128 Å². The predicted molar refractivity (Wildman–Crippen MR) is 78.2 cm³/mol. The first-order valence-electron chi connectivity index (χ1n) is 7.02. The largest absolute Gasteiger partial charge is 0.480 e. The first kappa shape index (κ1) is 16.4. The average molecular weight is 318 g/mol. The van der Waals surface area contributed by atoms with Gasteiger partial charge < -0.3 is 19.8 Å². The smallest absolute Gasteiger partial charge is 0.327 e. The van der Waals surface area contributed by atoms with Crippen LogP contribution in [0.5, 0.6) is 0 Å². The zero-order chi connectivity index (χ0) is 15.6. The van der Waals surface area contributed by atoms with Crippen LogP contribution >= 0.6 is 11.8 Å². The molecule has 0 aromatic carbocycles. The van der Waals surface area contributed by atoms with Gasteiger partial charge in [-0.1, -0.05) is 0 Å². The van der Waals surface area contributed by atoms with Crippen LogP contribution < -0.4 is 0 Å². The highest BCUT2D eigenvalue weighted by Gasteiger charge is 2.42. The Kier molecular flexibility index (Phi) is 5.00. The van der Waals surface area contributed by atoms with E-state index >= 15 is 0 Å². The SMILES string of the molecule is CC1SCC(C(=O)O)N1C(=O)N(C)CC1(O)CCOCC1. The molecule has 2 amide bonds. The number of rotatable bonds is 3. The molecule has 2 saturated heterocycles. The number of carboxylic acids is 1. The van der Waals surface area contributed by atoms with Gasteiger partial charge in [-0.3, -0.25) is 4.90 Å². The van der Waals surface area contributed by atoms with Crippen LogP contribution in [0.25, 0.3) is 0 Å². The number of nitrogens with zero attached hydrogens (tertiary/aromatic N) is 2. The first-order chi connectivity index (χ1) is 9.84. The van der Waals surface area contributed by atoms with Crippen molar-refractivity contribution in [3.63, 3.8) is 0 Å². The summed E-state index contributed by atoms with van der Waals surface area (Å²) in [4.78, 5) is 26.6. The third kappa shape index (κ3) is 3.61. The summed E-state index contributed by atoms with van der Waals surface area (Å²) >= 11 is 1.45. The predicted octanol–water partition coefficient (Wildman–Crippen LogP) is 0.428. The van der Waals surface area contributed by atoms with Crippen molar-refractivity contribution in [1.82, 2.24) is 9.80 Å². The minimum absolute atomic E-state index is 0.176. The summed E-state index contributed by atoms with van der Waals surface area (Å²) in [6, 6.07) is -1.15. The van der Waals surface area contributed by atoms with Gasteiger partial charge >= 0.3 is 12.0 Å². The third-order valence-corrected chi connectivity index (χ3v) is 5.23. The van der Waals surface area contributed by atoms with Gasteiger partial charge in [-0.15, -0.1) is 11.8 Å². The molecule has 0 bridgehead atoms. The number of carbonyl (C=O) groups is 2. The fraction of sp³-hybridized carbons (Fsp3) is 0.846. The summed E-state index contributed by atoms with van der Waals surface area (Å²) in [6.45, 7) is 2.97. The Morgan fingerprint density at radius 3 is 2.62 bits per heavy atom. The van der Waals surface area contributed by atoms with Crippen molar-refractivity contribution in [3.8, 4) is 0 Å². The summed E-state index contributed by atoms with van der Waals surface area (Å²) in [7, 11) is 1.60. The van der Waals surface area contributed by atoms with Crippen molar-refractivity contribution in [2.75, 3.05) is 32.6 Å². The number of carboxylic acid groups (broad SMARTS) is 1. The molecule has 2 aliphatic rings. The van der Waals surface area contributed by atoms with Crippen LogP contribution in [-0.2, 0) is 9.53 Å². The van der Waals surface area contributed by atoms with Crippen molar-refractivity contribution in [2.45, 2.75) is 36.8 Å². The van der Waals surface area contributed by atoms with E-state index in [0.29, 0.717) is 31.8 Å². The number of aliphatic hydroxyl groups is 1. The van der Waals surface area contributed by atoms with E-state index in [2.05, 4.69) is 0 Å². The van der Waals surface area contributed by atoms with E-state index < -0.39 is 17.6 Å². The summed E-state index contributed by atoms with van der Waals surface area (Å²) in [5.74, 6) is -0.591. The van der Waals surface area contributed by atoms with E-state index in [-0.39, 0.29) is 17.9 Å². The zero-order valence-corrected chi connectivity index (χ0v) is 13.1. The second-order valence-corrected chi connectivity index (χ2v) is 7.02. The Morgan fingerprint density at radius 1 is 1.43 bits per heavy atom. The van der Waals surface area contributed by atoms with Gasteiger partial charge in [0.05, 0.1) is 17.5 Å². The molecule has 0 saturated carbocycles. The Bertz CT molecular complexity index is 413. The van der Waals surface area contributed by atoms with Crippen molar-refractivity contribution >= 4 is 23.8 Å². The van der Waals surface area contributed by atoms with Crippen LogP contribution in [0.2, 0.25) is 0 Å². The molecule has 2 rings (SSSR count). The van der Waals surface area contributed by atoms with Gasteiger partial charge in [-0.05, 0) is 6.92 Å². The standard InChI is InChI=1S/C13H22N2O5S/c1-9-15(10(7-21-9)11(16)17)12(18)14(2)8-13(19)3-5-20-6-4-13/h9-10,19H,3-8H2,1-2H3,(H,16,17). The fourth-order valence-corrected chi connectivity index (χ4v) is 3.90. The Morgan fingerprint density at radius 2 is 2.05 bits per heavy atom. The average Bonchev–Trinajstić information content (AvgIpc) is 2.80. The summed E-state index contributed by atoms with van der Waals surface area (Å²) in [5, 5.41) is 19.5. The van der Waals surface area contributed by atoms with Crippen LogP contribution in [0.4, 0.5) is 4.79 Å². The first-order valence-corrected chi connectivity index (χ1v) is 8.07. The van der Waals surface area contributed by atoms with Crippen molar-refractivity contribution in [3.05, 3.63) is 0 Å². The van der Waals surface area contributed by atoms with Crippen LogP contribution in [0.15, 0.2) is 0 Å². The Balaban J connectivity index is 2.02. The molecule has 0 spiro atoms. The van der Waals surface area contributed by atoms with Crippen LogP contribution in [-0.4, -0.2) is 81.6 Å². The van der Waals surface area contributed by atoms with Gasteiger partial charge in [-0.2, -0.15) is 0 Å². The molecule has 2 fully saturated rings. The van der Waals surface area contributed by atoms with Gasteiger partial charge in [0.15, 0.2) is 0 Å². The van der Waals surface area contributed by atoms with E-state index in [0.717, 1.165) is 0 Å². The maximum atomic E-state index is 12.5. The number of carbonyl (C=O) groups excluding carboxylic acids is 1. The molecule has 2 N–H and O–H groups in total. The van der Waals surface area contributed by atoms with E-state index in [1.807, 2.05) is 6.92 Å². The molecular formula is C13H22N2O5S. The maximum absolute atomic E-state index is 12.5. The van der Waals surface area contributed by atoms with Gasteiger partial charge in [0, 0.05) is 38.9 Å². The van der Waals surface area contributed by atoms with Crippen molar-refractivity contribution < 1.29 is 24.5 Å². The third-order valence-electron chi connectivity index (χ3n) is 4.01. The van der Waals surface area contributed by atoms with Gasteiger partial charge in [0.25, 0.3) is 0 Å². The number of thioether (sulfide) groups is 1. The molecule has 21 heavy (non-hydrogen) atoms. The molecule has 2 heterocycles. The highest BCUT2D eigenvalue weighted by atomic mass is 32.2. The minimum Gasteiger partial charge on any atom is -0.480 e. The number of ether oxygens (including phenoxy) is 1. The van der Waals surface area contributed by atoms with Crippen molar-refractivity contribution in [1.29, 1.82) is 0 Å². The second-order valence-electron chi connectivity index (χ2n) is 5.67. The second kappa shape index (κ2) is 6.41.